The van der Waals surface area contributed by atoms with Crippen molar-refractivity contribution in [2.75, 3.05) is 19.4 Å². The SMILES string of the molecule is CNc1nc2ccccn2c1S(=O)(=O)N(C)C(C)CC#N. The van der Waals surface area contributed by atoms with Crippen LogP contribution in [-0.2, 0) is 10.0 Å². The number of pyridine rings is 1. The highest BCUT2D eigenvalue weighted by Crippen LogP contribution is 2.26. The summed E-state index contributed by atoms with van der Waals surface area (Å²) in [6.45, 7) is 1.70. The third-order valence-corrected chi connectivity index (χ3v) is 5.35. The second-order valence-electron chi connectivity index (χ2n) is 4.68. The van der Waals surface area contributed by atoms with Gasteiger partial charge in [0.15, 0.2) is 10.8 Å². The fourth-order valence-electron chi connectivity index (χ4n) is 2.02. The average Bonchev–Trinajstić information content (AvgIpc) is 2.85. The molecular formula is C13H17N5O2S. The predicted octanol–water partition coefficient (Wildman–Crippen LogP) is 1.30. The van der Waals surface area contributed by atoms with Gasteiger partial charge >= 0.3 is 0 Å². The maximum atomic E-state index is 12.8. The Hall–Kier alpha value is -2.11. The fourth-order valence-corrected chi connectivity index (χ4v) is 3.63. The normalized spacial score (nSPS) is 13.3. The second-order valence-corrected chi connectivity index (χ2v) is 6.59. The van der Waals surface area contributed by atoms with Crippen LogP contribution >= 0.6 is 0 Å². The molecule has 2 aromatic rings. The first-order valence-electron chi connectivity index (χ1n) is 6.43. The lowest BCUT2D eigenvalue weighted by Gasteiger charge is -2.22. The Morgan fingerprint density at radius 2 is 2.24 bits per heavy atom. The van der Waals surface area contributed by atoms with Crippen molar-refractivity contribution in [3.05, 3.63) is 24.4 Å². The number of sulfonamides is 1. The number of imidazole rings is 1. The number of aromatic nitrogens is 2. The van der Waals surface area contributed by atoms with Gasteiger partial charge in [0.05, 0.1) is 12.5 Å². The third kappa shape index (κ3) is 2.57. The molecule has 1 N–H and O–H groups in total. The van der Waals surface area contributed by atoms with E-state index in [0.29, 0.717) is 5.65 Å². The van der Waals surface area contributed by atoms with Gasteiger partial charge in [-0.15, -0.1) is 0 Å². The minimum absolute atomic E-state index is 0.0767. The molecule has 2 aromatic heterocycles. The highest BCUT2D eigenvalue weighted by Gasteiger charge is 2.31. The van der Waals surface area contributed by atoms with Crippen LogP contribution in [-0.4, -0.2) is 42.2 Å². The highest BCUT2D eigenvalue weighted by molar-refractivity contribution is 7.89. The molecule has 0 aromatic carbocycles. The van der Waals surface area contributed by atoms with Crippen LogP contribution in [0, 0.1) is 11.3 Å². The van der Waals surface area contributed by atoms with Gasteiger partial charge in [0, 0.05) is 26.3 Å². The van der Waals surface area contributed by atoms with E-state index < -0.39 is 16.1 Å². The Balaban J connectivity index is 2.62. The van der Waals surface area contributed by atoms with Gasteiger partial charge in [-0.25, -0.2) is 13.4 Å². The van der Waals surface area contributed by atoms with Gasteiger partial charge in [0.1, 0.15) is 5.65 Å². The Labute approximate surface area is 123 Å². The molecule has 2 heterocycles. The number of nitrogens with zero attached hydrogens (tertiary/aromatic N) is 4. The first-order valence-corrected chi connectivity index (χ1v) is 7.87. The number of anilines is 1. The number of nitrogens with one attached hydrogen (secondary N) is 1. The Morgan fingerprint density at radius 3 is 2.86 bits per heavy atom. The van der Waals surface area contributed by atoms with Crippen LogP contribution in [0.2, 0.25) is 0 Å². The summed E-state index contributed by atoms with van der Waals surface area (Å²) in [5.74, 6) is 0.289. The van der Waals surface area contributed by atoms with Crippen LogP contribution < -0.4 is 5.32 Å². The van der Waals surface area contributed by atoms with Gasteiger partial charge < -0.3 is 5.32 Å². The summed E-state index contributed by atoms with van der Waals surface area (Å²) in [6.07, 6.45) is 1.78. The molecule has 0 bridgehead atoms. The van der Waals surface area contributed by atoms with E-state index in [1.165, 1.54) is 15.8 Å². The highest BCUT2D eigenvalue weighted by atomic mass is 32.2. The van der Waals surface area contributed by atoms with Crippen LogP contribution in [0.1, 0.15) is 13.3 Å². The number of nitriles is 1. The average molecular weight is 307 g/mol. The van der Waals surface area contributed by atoms with Crippen LogP contribution in [0.15, 0.2) is 29.4 Å². The molecular weight excluding hydrogens is 290 g/mol. The molecule has 7 nitrogen and oxygen atoms in total. The fraction of sp³-hybridized carbons (Fsp3) is 0.385. The van der Waals surface area contributed by atoms with Crippen molar-refractivity contribution in [1.82, 2.24) is 13.7 Å². The smallest absolute Gasteiger partial charge is 0.262 e. The molecule has 0 fully saturated rings. The van der Waals surface area contributed by atoms with E-state index in [4.69, 9.17) is 5.26 Å². The lowest BCUT2D eigenvalue weighted by molar-refractivity contribution is 0.391. The van der Waals surface area contributed by atoms with Crippen molar-refractivity contribution < 1.29 is 8.42 Å². The molecule has 0 amide bonds. The maximum Gasteiger partial charge on any atom is 0.262 e. The molecule has 2 rings (SSSR count). The van der Waals surface area contributed by atoms with E-state index in [1.54, 1.807) is 38.4 Å². The lowest BCUT2D eigenvalue weighted by Crippen LogP contribution is -2.35. The van der Waals surface area contributed by atoms with E-state index >= 15 is 0 Å². The molecule has 0 radical (unpaired) electrons. The summed E-state index contributed by atoms with van der Waals surface area (Å²) in [5.41, 5.74) is 0.543. The molecule has 0 spiro atoms. The maximum absolute atomic E-state index is 12.8. The molecule has 8 heteroatoms. The van der Waals surface area contributed by atoms with E-state index in [9.17, 15) is 8.42 Å². The Bertz CT molecular complexity index is 790. The van der Waals surface area contributed by atoms with E-state index in [0.717, 1.165) is 0 Å². The van der Waals surface area contributed by atoms with Crippen molar-refractivity contribution in [2.24, 2.45) is 0 Å². The molecule has 21 heavy (non-hydrogen) atoms. The summed E-state index contributed by atoms with van der Waals surface area (Å²) < 4.78 is 28.4. The number of hydrogen-bond donors (Lipinski definition) is 1. The van der Waals surface area contributed by atoms with Crippen LogP contribution in [0.3, 0.4) is 0 Å². The zero-order valence-electron chi connectivity index (χ0n) is 12.1. The van der Waals surface area contributed by atoms with E-state index in [1.807, 2.05) is 6.07 Å². The van der Waals surface area contributed by atoms with Crippen LogP contribution in [0.5, 0.6) is 0 Å². The first-order chi connectivity index (χ1) is 9.93. The zero-order chi connectivity index (χ0) is 15.6. The molecule has 1 atom stereocenters. The summed E-state index contributed by atoms with van der Waals surface area (Å²) in [5, 5.41) is 11.6. The first kappa shape index (κ1) is 15.3. The van der Waals surface area contributed by atoms with E-state index in [2.05, 4.69) is 10.3 Å². The molecule has 0 aliphatic heterocycles. The summed E-state index contributed by atoms with van der Waals surface area (Å²) >= 11 is 0. The molecule has 0 saturated heterocycles. The summed E-state index contributed by atoms with van der Waals surface area (Å²) in [7, 11) is -0.670. The van der Waals surface area contributed by atoms with Gasteiger partial charge in [0.25, 0.3) is 10.0 Å². The predicted molar refractivity (Wildman–Crippen MR) is 79.4 cm³/mol. The summed E-state index contributed by atoms with van der Waals surface area (Å²) in [6, 6.07) is 6.84. The van der Waals surface area contributed by atoms with Gasteiger partial charge in [-0.05, 0) is 19.1 Å². The van der Waals surface area contributed by atoms with Gasteiger partial charge in [-0.2, -0.15) is 9.57 Å². The van der Waals surface area contributed by atoms with Crippen molar-refractivity contribution in [3.8, 4) is 6.07 Å². The van der Waals surface area contributed by atoms with Gasteiger partial charge in [0.2, 0.25) is 0 Å². The minimum Gasteiger partial charge on any atom is -0.371 e. The number of rotatable bonds is 5. The number of hydrogen-bond acceptors (Lipinski definition) is 5. The van der Waals surface area contributed by atoms with Crippen LogP contribution in [0.4, 0.5) is 5.82 Å². The molecule has 0 saturated carbocycles. The van der Waals surface area contributed by atoms with Crippen molar-refractivity contribution in [1.29, 1.82) is 5.26 Å². The second kappa shape index (κ2) is 5.71. The standard InChI is InChI=1S/C13H17N5O2S/c1-10(7-8-14)17(3)21(19,20)13-12(15-2)16-11-6-4-5-9-18(11)13/h4-6,9-10,15H,7H2,1-3H3. The van der Waals surface area contributed by atoms with Gasteiger partial charge in [-0.3, -0.25) is 4.40 Å². The summed E-state index contributed by atoms with van der Waals surface area (Å²) in [4.78, 5) is 4.27. The Morgan fingerprint density at radius 1 is 1.52 bits per heavy atom. The largest absolute Gasteiger partial charge is 0.371 e. The Kier molecular flexibility index (Phi) is 4.16. The minimum atomic E-state index is -3.77. The monoisotopic (exact) mass is 307 g/mol. The molecule has 112 valence electrons. The van der Waals surface area contributed by atoms with Crippen molar-refractivity contribution in [2.45, 2.75) is 24.4 Å². The zero-order valence-corrected chi connectivity index (χ0v) is 12.9. The third-order valence-electron chi connectivity index (χ3n) is 3.35. The number of fused-ring (bicyclic) bond motifs is 1. The van der Waals surface area contributed by atoms with Crippen molar-refractivity contribution >= 4 is 21.5 Å². The van der Waals surface area contributed by atoms with Crippen LogP contribution in [0.25, 0.3) is 5.65 Å². The lowest BCUT2D eigenvalue weighted by atomic mass is 10.3. The van der Waals surface area contributed by atoms with Gasteiger partial charge in [-0.1, -0.05) is 6.07 Å². The van der Waals surface area contributed by atoms with Crippen molar-refractivity contribution in [3.63, 3.8) is 0 Å². The quantitative estimate of drug-likeness (QED) is 0.899. The topological polar surface area (TPSA) is 90.5 Å². The molecule has 0 aliphatic carbocycles. The van der Waals surface area contributed by atoms with E-state index in [-0.39, 0.29) is 17.3 Å². The molecule has 0 aliphatic rings. The molecule has 1 unspecified atom stereocenters.